The van der Waals surface area contributed by atoms with E-state index in [1.807, 2.05) is 0 Å². The van der Waals surface area contributed by atoms with E-state index < -0.39 is 23.5 Å². The molecule has 152 valence electrons. The van der Waals surface area contributed by atoms with Crippen LogP contribution in [0.25, 0.3) is 5.76 Å². The first-order chi connectivity index (χ1) is 14.5. The summed E-state index contributed by atoms with van der Waals surface area (Å²) in [5, 5.41) is 10.9. The summed E-state index contributed by atoms with van der Waals surface area (Å²) in [7, 11) is 1.53. The van der Waals surface area contributed by atoms with Gasteiger partial charge in [-0.1, -0.05) is 12.1 Å². The molecule has 0 saturated carbocycles. The third kappa shape index (κ3) is 3.45. The normalized spacial score (nSPS) is 18.1. The highest BCUT2D eigenvalue weighted by Crippen LogP contribution is 2.40. The number of ketones is 1. The lowest BCUT2D eigenvalue weighted by Gasteiger charge is -2.24. The lowest BCUT2D eigenvalue weighted by atomic mass is 9.95. The van der Waals surface area contributed by atoms with Crippen molar-refractivity contribution in [3.8, 4) is 5.75 Å². The number of methoxy groups -OCH3 is 1. The molecule has 1 aliphatic heterocycles. The van der Waals surface area contributed by atoms with Gasteiger partial charge in [0.1, 0.15) is 23.1 Å². The number of amides is 1. The molecule has 1 unspecified atom stereocenters. The van der Waals surface area contributed by atoms with Crippen LogP contribution in [-0.2, 0) is 16.1 Å². The molecule has 0 bridgehead atoms. The van der Waals surface area contributed by atoms with Gasteiger partial charge in [0, 0.05) is 5.56 Å². The topological polar surface area (TPSA) is 80.0 Å². The summed E-state index contributed by atoms with van der Waals surface area (Å²) in [6, 6.07) is 14.5. The van der Waals surface area contributed by atoms with Crippen molar-refractivity contribution in [2.75, 3.05) is 7.11 Å². The molecule has 1 aliphatic rings. The number of benzene rings is 2. The third-order valence-electron chi connectivity index (χ3n) is 5.00. The van der Waals surface area contributed by atoms with Crippen molar-refractivity contribution >= 4 is 17.4 Å². The number of furan rings is 1. The van der Waals surface area contributed by atoms with E-state index in [-0.39, 0.29) is 23.4 Å². The number of halogens is 1. The molecule has 0 radical (unpaired) electrons. The van der Waals surface area contributed by atoms with Gasteiger partial charge in [0.25, 0.3) is 11.7 Å². The maximum atomic E-state index is 13.3. The third-order valence-corrected chi connectivity index (χ3v) is 5.00. The van der Waals surface area contributed by atoms with Gasteiger partial charge in [0.05, 0.1) is 31.5 Å². The Morgan fingerprint density at radius 1 is 1.10 bits per heavy atom. The van der Waals surface area contributed by atoms with Crippen molar-refractivity contribution in [2.24, 2.45) is 0 Å². The minimum absolute atomic E-state index is 0.0501. The monoisotopic (exact) mass is 407 g/mol. The number of carbonyl (C=O) groups excluding carboxylic acids is 2. The zero-order chi connectivity index (χ0) is 21.3. The molecule has 2 aromatic carbocycles. The number of carbonyl (C=O) groups is 2. The summed E-state index contributed by atoms with van der Waals surface area (Å²) in [4.78, 5) is 27.1. The number of ether oxygens (including phenoxy) is 1. The lowest BCUT2D eigenvalue weighted by Crippen LogP contribution is -2.29. The van der Waals surface area contributed by atoms with Gasteiger partial charge in [-0.05, 0) is 54.1 Å². The molecule has 1 saturated heterocycles. The van der Waals surface area contributed by atoms with Crippen LogP contribution in [0, 0.1) is 5.82 Å². The molecular formula is C23H18FNO5. The van der Waals surface area contributed by atoms with Gasteiger partial charge in [0.15, 0.2) is 0 Å². The van der Waals surface area contributed by atoms with Gasteiger partial charge in [-0.2, -0.15) is 0 Å². The minimum atomic E-state index is -0.842. The molecule has 1 fully saturated rings. The van der Waals surface area contributed by atoms with Crippen LogP contribution < -0.4 is 4.74 Å². The molecule has 1 amide bonds. The van der Waals surface area contributed by atoms with Crippen LogP contribution in [0.3, 0.4) is 0 Å². The van der Waals surface area contributed by atoms with Crippen molar-refractivity contribution in [1.82, 2.24) is 4.90 Å². The highest BCUT2D eigenvalue weighted by atomic mass is 19.1. The Balaban J connectivity index is 1.85. The highest BCUT2D eigenvalue weighted by molar-refractivity contribution is 6.46. The van der Waals surface area contributed by atoms with Gasteiger partial charge >= 0.3 is 0 Å². The molecule has 30 heavy (non-hydrogen) atoms. The number of hydrogen-bond donors (Lipinski definition) is 1. The van der Waals surface area contributed by atoms with Crippen LogP contribution in [0.5, 0.6) is 5.75 Å². The molecule has 6 nitrogen and oxygen atoms in total. The number of rotatable bonds is 5. The summed E-state index contributed by atoms with van der Waals surface area (Å²) in [6.07, 6.45) is 1.48. The Labute approximate surface area is 171 Å². The van der Waals surface area contributed by atoms with Crippen molar-refractivity contribution < 1.29 is 28.2 Å². The number of aliphatic hydroxyl groups excluding tert-OH is 1. The number of aliphatic hydroxyl groups is 1. The fraction of sp³-hybridized carbons (Fsp3) is 0.130. The fourth-order valence-corrected chi connectivity index (χ4v) is 3.51. The Bertz CT molecular complexity index is 1100. The smallest absolute Gasteiger partial charge is 0.296 e. The van der Waals surface area contributed by atoms with E-state index in [2.05, 4.69) is 0 Å². The molecule has 2 heterocycles. The van der Waals surface area contributed by atoms with Crippen LogP contribution in [0.15, 0.2) is 76.9 Å². The van der Waals surface area contributed by atoms with Crippen LogP contribution >= 0.6 is 0 Å². The van der Waals surface area contributed by atoms with Gasteiger partial charge in [0.2, 0.25) is 0 Å². The molecule has 0 spiro atoms. The minimum Gasteiger partial charge on any atom is -0.507 e. The Hall–Kier alpha value is -3.87. The van der Waals surface area contributed by atoms with Gasteiger partial charge < -0.3 is 19.2 Å². The largest absolute Gasteiger partial charge is 0.507 e. The summed E-state index contributed by atoms with van der Waals surface area (Å²) >= 11 is 0. The van der Waals surface area contributed by atoms with Crippen LogP contribution in [0.4, 0.5) is 4.39 Å². The summed E-state index contributed by atoms with van der Waals surface area (Å²) in [6.45, 7) is 0.0501. The number of hydrogen-bond acceptors (Lipinski definition) is 5. The standard InChI is InChI=1S/C23H18FNO5/c1-29-17-10-6-14(7-11-17)20-19(21(26)15-4-8-16(24)9-5-15)22(27)23(28)25(20)13-18-3-2-12-30-18/h2-12,20,26H,13H2,1H3/b21-19+. The molecule has 7 heteroatoms. The molecular weight excluding hydrogens is 389 g/mol. The average Bonchev–Trinajstić information content (AvgIpc) is 3.36. The summed E-state index contributed by atoms with van der Waals surface area (Å²) in [5.74, 6) is -1.30. The Kier molecular flexibility index (Phi) is 5.10. The second-order valence-electron chi connectivity index (χ2n) is 6.79. The Morgan fingerprint density at radius 3 is 2.40 bits per heavy atom. The van der Waals surface area contributed by atoms with Crippen molar-refractivity contribution in [3.05, 3.63) is 95.2 Å². The highest BCUT2D eigenvalue weighted by Gasteiger charge is 2.46. The number of likely N-dealkylation sites (tertiary alicyclic amines) is 1. The first-order valence-corrected chi connectivity index (χ1v) is 9.20. The van der Waals surface area contributed by atoms with Crippen LogP contribution in [0.1, 0.15) is 22.9 Å². The molecule has 1 atom stereocenters. The fourth-order valence-electron chi connectivity index (χ4n) is 3.51. The zero-order valence-corrected chi connectivity index (χ0v) is 16.0. The summed E-state index contributed by atoms with van der Waals surface area (Å²) in [5.41, 5.74) is 0.791. The molecule has 1 N–H and O–H groups in total. The van der Waals surface area contributed by atoms with E-state index in [0.29, 0.717) is 17.1 Å². The predicted molar refractivity (Wildman–Crippen MR) is 106 cm³/mol. The van der Waals surface area contributed by atoms with E-state index in [0.717, 1.165) is 0 Å². The van der Waals surface area contributed by atoms with Gasteiger partial charge in [-0.3, -0.25) is 9.59 Å². The zero-order valence-electron chi connectivity index (χ0n) is 16.0. The molecule has 4 rings (SSSR count). The number of Topliss-reactive ketones (excluding diaryl/α,β-unsaturated/α-hetero) is 1. The van der Waals surface area contributed by atoms with Crippen molar-refractivity contribution in [1.29, 1.82) is 0 Å². The Morgan fingerprint density at radius 2 is 1.80 bits per heavy atom. The van der Waals surface area contributed by atoms with E-state index >= 15 is 0 Å². The summed E-state index contributed by atoms with van der Waals surface area (Å²) < 4.78 is 23.8. The number of nitrogens with zero attached hydrogens (tertiary/aromatic N) is 1. The molecule has 3 aromatic rings. The van der Waals surface area contributed by atoms with Crippen LogP contribution in [0.2, 0.25) is 0 Å². The van der Waals surface area contributed by atoms with Gasteiger partial charge in [-0.15, -0.1) is 0 Å². The van der Waals surface area contributed by atoms with E-state index in [4.69, 9.17) is 9.15 Å². The predicted octanol–water partition coefficient (Wildman–Crippen LogP) is 4.05. The van der Waals surface area contributed by atoms with Crippen molar-refractivity contribution in [3.63, 3.8) is 0 Å². The van der Waals surface area contributed by atoms with Gasteiger partial charge in [-0.25, -0.2) is 4.39 Å². The lowest BCUT2D eigenvalue weighted by molar-refractivity contribution is -0.140. The average molecular weight is 407 g/mol. The van der Waals surface area contributed by atoms with Crippen LogP contribution in [-0.4, -0.2) is 28.8 Å². The first kappa shape index (κ1) is 19.4. The molecule has 1 aromatic heterocycles. The SMILES string of the molecule is COc1ccc(C2/C(=C(\O)c3ccc(F)cc3)C(=O)C(=O)N2Cc2ccco2)cc1. The van der Waals surface area contributed by atoms with E-state index in [9.17, 15) is 19.1 Å². The second kappa shape index (κ2) is 7.87. The van der Waals surface area contributed by atoms with E-state index in [1.54, 1.807) is 36.4 Å². The maximum Gasteiger partial charge on any atom is 0.296 e. The first-order valence-electron chi connectivity index (χ1n) is 9.20. The second-order valence-corrected chi connectivity index (χ2v) is 6.79. The molecule has 0 aliphatic carbocycles. The maximum absolute atomic E-state index is 13.3. The van der Waals surface area contributed by atoms with Crippen molar-refractivity contribution in [2.45, 2.75) is 12.6 Å². The van der Waals surface area contributed by atoms with E-state index in [1.165, 1.54) is 42.5 Å². The quantitative estimate of drug-likeness (QED) is 0.392.